The Kier molecular flexibility index (Phi) is 3.42. The summed E-state index contributed by atoms with van der Waals surface area (Å²) in [6, 6.07) is 6.17. The number of hydrogen-bond acceptors (Lipinski definition) is 4. The number of benzene rings is 1. The third-order valence-electron chi connectivity index (χ3n) is 3.84. The molecule has 1 aromatic carbocycles. The maximum atomic E-state index is 6.20. The van der Waals surface area contributed by atoms with Gasteiger partial charge in [-0.1, -0.05) is 19.1 Å². The molecule has 0 amide bonds. The van der Waals surface area contributed by atoms with Crippen molar-refractivity contribution in [3.05, 3.63) is 29.3 Å². The first-order valence-corrected chi connectivity index (χ1v) is 6.93. The van der Waals surface area contributed by atoms with Crippen LogP contribution in [-0.4, -0.2) is 32.1 Å². The minimum Gasteiger partial charge on any atom is -0.496 e. The summed E-state index contributed by atoms with van der Waals surface area (Å²) in [5.74, 6) is 1.93. The van der Waals surface area contributed by atoms with Gasteiger partial charge in [-0.15, -0.1) is 0 Å². The Morgan fingerprint density at radius 3 is 3.05 bits per heavy atom. The van der Waals surface area contributed by atoms with Gasteiger partial charge in [-0.2, -0.15) is 0 Å². The standard InChI is InChI=1S/C15H20N2O2/c1-3-10-9-12-11(5-4-6-13(12)18-2)14(19-10)15-16-7-8-17-15/h4-6,10,14H,3,7-9H2,1-2H3,(H,16,17)/t10-,14?/m1/s1. The molecule has 0 aromatic heterocycles. The fourth-order valence-electron chi connectivity index (χ4n) is 2.82. The van der Waals surface area contributed by atoms with E-state index >= 15 is 0 Å². The number of hydrogen-bond donors (Lipinski definition) is 1. The molecule has 4 heteroatoms. The van der Waals surface area contributed by atoms with Crippen LogP contribution in [0.3, 0.4) is 0 Å². The molecule has 0 bridgehead atoms. The van der Waals surface area contributed by atoms with Gasteiger partial charge in [0.25, 0.3) is 0 Å². The van der Waals surface area contributed by atoms with Crippen molar-refractivity contribution >= 4 is 5.84 Å². The molecule has 0 saturated carbocycles. The van der Waals surface area contributed by atoms with Crippen LogP contribution in [0.5, 0.6) is 5.75 Å². The molecular formula is C15H20N2O2. The first-order valence-electron chi connectivity index (χ1n) is 6.93. The number of methoxy groups -OCH3 is 1. The van der Waals surface area contributed by atoms with Crippen molar-refractivity contribution in [1.29, 1.82) is 0 Å². The zero-order valence-corrected chi connectivity index (χ0v) is 11.5. The summed E-state index contributed by atoms with van der Waals surface area (Å²) in [5, 5.41) is 3.33. The summed E-state index contributed by atoms with van der Waals surface area (Å²) in [4.78, 5) is 4.52. The fourth-order valence-corrected chi connectivity index (χ4v) is 2.82. The lowest BCUT2D eigenvalue weighted by molar-refractivity contribution is 0.00658. The highest BCUT2D eigenvalue weighted by Gasteiger charge is 2.32. The molecule has 1 N–H and O–H groups in total. The largest absolute Gasteiger partial charge is 0.496 e. The van der Waals surface area contributed by atoms with E-state index in [1.807, 2.05) is 12.1 Å². The molecule has 3 rings (SSSR count). The molecule has 0 aliphatic carbocycles. The van der Waals surface area contributed by atoms with Gasteiger partial charge in [-0.3, -0.25) is 4.99 Å². The Balaban J connectivity index is 2.03. The van der Waals surface area contributed by atoms with Crippen molar-refractivity contribution in [2.75, 3.05) is 20.2 Å². The number of fused-ring (bicyclic) bond motifs is 1. The van der Waals surface area contributed by atoms with Gasteiger partial charge >= 0.3 is 0 Å². The Hall–Kier alpha value is -1.55. The third kappa shape index (κ3) is 2.21. The quantitative estimate of drug-likeness (QED) is 0.905. The molecule has 102 valence electrons. The van der Waals surface area contributed by atoms with Crippen LogP contribution in [0, 0.1) is 0 Å². The number of amidine groups is 1. The van der Waals surface area contributed by atoms with E-state index in [0.29, 0.717) is 0 Å². The summed E-state index contributed by atoms with van der Waals surface area (Å²) in [7, 11) is 1.73. The number of nitrogens with zero attached hydrogens (tertiary/aromatic N) is 1. The molecule has 2 aliphatic heterocycles. The Labute approximate surface area is 113 Å². The zero-order chi connectivity index (χ0) is 13.2. The van der Waals surface area contributed by atoms with Crippen molar-refractivity contribution < 1.29 is 9.47 Å². The minimum atomic E-state index is -0.0636. The SMILES string of the molecule is CC[C@@H]1Cc2c(OC)cccc2C(C2=NCCN2)O1. The monoisotopic (exact) mass is 260 g/mol. The van der Waals surface area contributed by atoms with Gasteiger partial charge in [0.15, 0.2) is 0 Å². The highest BCUT2D eigenvalue weighted by atomic mass is 16.5. The Bertz CT molecular complexity index is 499. The second-order valence-electron chi connectivity index (χ2n) is 4.97. The van der Waals surface area contributed by atoms with Crippen LogP contribution in [-0.2, 0) is 11.2 Å². The van der Waals surface area contributed by atoms with Gasteiger partial charge < -0.3 is 14.8 Å². The number of rotatable bonds is 3. The van der Waals surface area contributed by atoms with Gasteiger partial charge in [0.05, 0.1) is 19.8 Å². The van der Waals surface area contributed by atoms with Gasteiger partial charge in [0.1, 0.15) is 17.7 Å². The topological polar surface area (TPSA) is 42.8 Å². The number of nitrogens with one attached hydrogen (secondary N) is 1. The van der Waals surface area contributed by atoms with Gasteiger partial charge in [-0.25, -0.2) is 0 Å². The van der Waals surface area contributed by atoms with Crippen LogP contribution in [0.2, 0.25) is 0 Å². The predicted octanol–water partition coefficient (Wildman–Crippen LogP) is 2.09. The first kappa shape index (κ1) is 12.5. The molecule has 0 spiro atoms. The molecule has 0 radical (unpaired) electrons. The fraction of sp³-hybridized carbons (Fsp3) is 0.533. The summed E-state index contributed by atoms with van der Waals surface area (Å²) in [6.45, 7) is 3.91. The van der Waals surface area contributed by atoms with E-state index in [0.717, 1.165) is 37.5 Å². The highest BCUT2D eigenvalue weighted by Crippen LogP contribution is 2.37. The summed E-state index contributed by atoms with van der Waals surface area (Å²) < 4.78 is 11.7. The van der Waals surface area contributed by atoms with Crippen LogP contribution >= 0.6 is 0 Å². The van der Waals surface area contributed by atoms with Gasteiger partial charge in [0, 0.05) is 18.5 Å². The smallest absolute Gasteiger partial charge is 0.140 e. The molecule has 19 heavy (non-hydrogen) atoms. The summed E-state index contributed by atoms with van der Waals surface area (Å²) in [5.41, 5.74) is 2.46. The van der Waals surface area contributed by atoms with Crippen molar-refractivity contribution in [3.63, 3.8) is 0 Å². The zero-order valence-electron chi connectivity index (χ0n) is 11.5. The van der Waals surface area contributed by atoms with E-state index in [2.05, 4.69) is 23.3 Å². The van der Waals surface area contributed by atoms with Gasteiger partial charge in [0.2, 0.25) is 0 Å². The average Bonchev–Trinajstić information content (AvgIpc) is 2.99. The molecule has 4 nitrogen and oxygen atoms in total. The maximum Gasteiger partial charge on any atom is 0.140 e. The molecule has 2 heterocycles. The molecular weight excluding hydrogens is 240 g/mol. The molecule has 1 aromatic rings. The Morgan fingerprint density at radius 1 is 1.47 bits per heavy atom. The normalized spacial score (nSPS) is 25.5. The predicted molar refractivity (Wildman–Crippen MR) is 74.9 cm³/mol. The number of aliphatic imine (C=N–C) groups is 1. The molecule has 1 unspecified atom stereocenters. The van der Waals surface area contributed by atoms with E-state index in [1.54, 1.807) is 7.11 Å². The van der Waals surface area contributed by atoms with E-state index in [-0.39, 0.29) is 12.2 Å². The lowest BCUT2D eigenvalue weighted by atomic mass is 9.92. The van der Waals surface area contributed by atoms with Crippen LogP contribution in [0.1, 0.15) is 30.6 Å². The first-order chi connectivity index (χ1) is 9.33. The van der Waals surface area contributed by atoms with Crippen LogP contribution in [0.4, 0.5) is 0 Å². The van der Waals surface area contributed by atoms with Crippen molar-refractivity contribution in [2.24, 2.45) is 4.99 Å². The van der Waals surface area contributed by atoms with E-state index in [1.165, 1.54) is 11.1 Å². The van der Waals surface area contributed by atoms with Crippen LogP contribution in [0.25, 0.3) is 0 Å². The Morgan fingerprint density at radius 2 is 2.37 bits per heavy atom. The lowest BCUT2D eigenvalue weighted by Crippen LogP contribution is -2.35. The second kappa shape index (κ2) is 5.21. The van der Waals surface area contributed by atoms with E-state index in [9.17, 15) is 0 Å². The average molecular weight is 260 g/mol. The van der Waals surface area contributed by atoms with Crippen molar-refractivity contribution in [2.45, 2.75) is 32.0 Å². The third-order valence-corrected chi connectivity index (χ3v) is 3.84. The molecule has 2 atom stereocenters. The summed E-state index contributed by atoms with van der Waals surface area (Å²) >= 11 is 0. The molecule has 0 fully saturated rings. The second-order valence-corrected chi connectivity index (χ2v) is 4.97. The van der Waals surface area contributed by atoms with E-state index < -0.39 is 0 Å². The van der Waals surface area contributed by atoms with Crippen LogP contribution in [0.15, 0.2) is 23.2 Å². The van der Waals surface area contributed by atoms with Crippen LogP contribution < -0.4 is 10.1 Å². The van der Waals surface area contributed by atoms with E-state index in [4.69, 9.17) is 9.47 Å². The molecule has 0 saturated heterocycles. The molecule has 2 aliphatic rings. The summed E-state index contributed by atoms with van der Waals surface area (Å²) in [6.07, 6.45) is 2.09. The highest BCUT2D eigenvalue weighted by molar-refractivity contribution is 5.89. The van der Waals surface area contributed by atoms with Crippen molar-refractivity contribution in [3.8, 4) is 5.75 Å². The minimum absolute atomic E-state index is 0.0636. The van der Waals surface area contributed by atoms with Crippen molar-refractivity contribution in [1.82, 2.24) is 5.32 Å². The van der Waals surface area contributed by atoms with Gasteiger partial charge in [-0.05, 0) is 18.1 Å². The lowest BCUT2D eigenvalue weighted by Gasteiger charge is -2.32. The number of ether oxygens (including phenoxy) is 2. The maximum absolute atomic E-state index is 6.20.